The van der Waals surface area contributed by atoms with Crippen LogP contribution in [0.3, 0.4) is 0 Å². The van der Waals surface area contributed by atoms with Gasteiger partial charge in [0.15, 0.2) is 0 Å². The highest BCUT2D eigenvalue weighted by atomic mass is 16.5. The lowest BCUT2D eigenvalue weighted by Gasteiger charge is -2.48. The van der Waals surface area contributed by atoms with Crippen LogP contribution in [0.4, 0.5) is 0 Å². The maximum atomic E-state index is 11.2. The molecule has 2 saturated heterocycles. The zero-order chi connectivity index (χ0) is 16.1. The molecule has 0 amide bonds. The molecule has 126 valence electrons. The Kier molecular flexibility index (Phi) is 5.52. The van der Waals surface area contributed by atoms with E-state index in [1.807, 2.05) is 6.07 Å². The minimum atomic E-state index is -0.497. The van der Waals surface area contributed by atoms with E-state index in [9.17, 15) is 5.11 Å². The second-order valence-electron chi connectivity index (χ2n) is 7.10. The molecule has 0 aliphatic carbocycles. The highest BCUT2D eigenvalue weighted by Gasteiger charge is 2.44. The van der Waals surface area contributed by atoms with E-state index >= 15 is 0 Å². The zero-order valence-corrected chi connectivity index (χ0v) is 14.2. The fraction of sp³-hybridized carbons (Fsp3) is 0.600. The van der Waals surface area contributed by atoms with Gasteiger partial charge in [0.25, 0.3) is 0 Å². The largest absolute Gasteiger partial charge is 0.389 e. The summed E-state index contributed by atoms with van der Waals surface area (Å²) in [5.74, 6) is 0.734. The Morgan fingerprint density at radius 2 is 2.00 bits per heavy atom. The lowest BCUT2D eigenvalue weighted by atomic mass is 9.70. The zero-order valence-electron chi connectivity index (χ0n) is 14.2. The van der Waals surface area contributed by atoms with Gasteiger partial charge in [-0.3, -0.25) is 4.90 Å². The number of rotatable bonds is 4. The summed E-state index contributed by atoms with van der Waals surface area (Å²) in [4.78, 5) is 2.46. The van der Waals surface area contributed by atoms with E-state index in [2.05, 4.69) is 48.2 Å². The molecule has 0 unspecified atom stereocenters. The van der Waals surface area contributed by atoms with E-state index in [0.29, 0.717) is 11.8 Å². The van der Waals surface area contributed by atoms with Crippen molar-refractivity contribution in [2.24, 2.45) is 11.8 Å². The molecule has 1 N–H and O–H groups in total. The highest BCUT2D eigenvalue weighted by Crippen LogP contribution is 2.39. The summed E-state index contributed by atoms with van der Waals surface area (Å²) in [6, 6.07) is 10.4. The standard InChI is InChI=1S/C20H29NO2/c1-17-16-21(12-5-8-18-6-3-2-4-7-18)13-11-20(17,22)19-9-14-23-15-10-19/h2-8,17,19,22H,9-16H2,1H3/t17-,20+/m1/s1. The van der Waals surface area contributed by atoms with Crippen molar-refractivity contribution in [2.75, 3.05) is 32.8 Å². The third-order valence-electron chi connectivity index (χ3n) is 5.62. The van der Waals surface area contributed by atoms with Gasteiger partial charge in [0.2, 0.25) is 0 Å². The van der Waals surface area contributed by atoms with E-state index < -0.39 is 5.60 Å². The van der Waals surface area contributed by atoms with Crippen LogP contribution in [-0.2, 0) is 4.74 Å². The number of hydrogen-bond donors (Lipinski definition) is 1. The van der Waals surface area contributed by atoms with Gasteiger partial charge in [-0.2, -0.15) is 0 Å². The number of piperidine rings is 1. The second-order valence-corrected chi connectivity index (χ2v) is 7.10. The van der Waals surface area contributed by atoms with Crippen molar-refractivity contribution in [3.8, 4) is 0 Å². The number of aliphatic hydroxyl groups is 1. The van der Waals surface area contributed by atoms with Crippen molar-refractivity contribution < 1.29 is 9.84 Å². The van der Waals surface area contributed by atoms with E-state index in [-0.39, 0.29) is 0 Å². The lowest BCUT2D eigenvalue weighted by Crippen LogP contribution is -2.55. The van der Waals surface area contributed by atoms with Gasteiger partial charge < -0.3 is 9.84 Å². The van der Waals surface area contributed by atoms with Gasteiger partial charge in [-0.05, 0) is 36.7 Å². The summed E-state index contributed by atoms with van der Waals surface area (Å²) in [7, 11) is 0. The van der Waals surface area contributed by atoms with Gasteiger partial charge >= 0.3 is 0 Å². The first-order valence-electron chi connectivity index (χ1n) is 8.92. The topological polar surface area (TPSA) is 32.7 Å². The van der Waals surface area contributed by atoms with Crippen molar-refractivity contribution in [1.29, 1.82) is 0 Å². The highest BCUT2D eigenvalue weighted by molar-refractivity contribution is 5.48. The number of nitrogens with zero attached hydrogens (tertiary/aromatic N) is 1. The van der Waals surface area contributed by atoms with Gasteiger partial charge in [-0.15, -0.1) is 0 Å². The van der Waals surface area contributed by atoms with Gasteiger partial charge in [-0.25, -0.2) is 0 Å². The number of benzene rings is 1. The average Bonchev–Trinajstić information content (AvgIpc) is 2.60. The summed E-state index contributed by atoms with van der Waals surface area (Å²) in [5, 5.41) is 11.2. The molecule has 1 aromatic rings. The Morgan fingerprint density at radius 3 is 2.70 bits per heavy atom. The van der Waals surface area contributed by atoms with E-state index in [0.717, 1.165) is 52.1 Å². The first-order valence-corrected chi connectivity index (χ1v) is 8.92. The molecule has 3 rings (SSSR count). The van der Waals surface area contributed by atoms with Crippen molar-refractivity contribution in [3.63, 3.8) is 0 Å². The molecule has 2 fully saturated rings. The number of likely N-dealkylation sites (tertiary alicyclic amines) is 1. The summed E-state index contributed by atoms with van der Waals surface area (Å²) < 4.78 is 5.46. The van der Waals surface area contributed by atoms with Gasteiger partial charge in [-0.1, -0.05) is 49.4 Å². The van der Waals surface area contributed by atoms with Crippen LogP contribution in [0.5, 0.6) is 0 Å². The van der Waals surface area contributed by atoms with Crippen LogP contribution in [0, 0.1) is 11.8 Å². The predicted molar refractivity (Wildman–Crippen MR) is 94.2 cm³/mol. The Hall–Kier alpha value is -1.16. The molecule has 0 saturated carbocycles. The summed E-state index contributed by atoms with van der Waals surface area (Å²) in [5.41, 5.74) is 0.750. The summed E-state index contributed by atoms with van der Waals surface area (Å²) >= 11 is 0. The molecule has 3 nitrogen and oxygen atoms in total. The molecule has 2 heterocycles. The van der Waals surface area contributed by atoms with Crippen LogP contribution in [0.1, 0.15) is 31.7 Å². The van der Waals surface area contributed by atoms with Crippen molar-refractivity contribution in [2.45, 2.75) is 31.8 Å². The molecule has 0 bridgehead atoms. The smallest absolute Gasteiger partial charge is 0.0727 e. The van der Waals surface area contributed by atoms with Gasteiger partial charge in [0, 0.05) is 32.8 Å². The van der Waals surface area contributed by atoms with Gasteiger partial charge in [0.1, 0.15) is 0 Å². The first kappa shape index (κ1) is 16.7. The van der Waals surface area contributed by atoms with Crippen LogP contribution in [0.15, 0.2) is 36.4 Å². The Bertz CT molecular complexity index is 510. The molecular formula is C20H29NO2. The summed E-state index contributed by atoms with van der Waals surface area (Å²) in [6.45, 7) is 6.75. The molecule has 1 aromatic carbocycles. The Labute approximate surface area is 140 Å². The molecule has 0 spiro atoms. The molecule has 0 radical (unpaired) electrons. The fourth-order valence-corrected chi connectivity index (χ4v) is 4.09. The normalized spacial score (nSPS) is 30.8. The van der Waals surface area contributed by atoms with Crippen LogP contribution in [0.2, 0.25) is 0 Å². The van der Waals surface area contributed by atoms with Crippen LogP contribution < -0.4 is 0 Å². The van der Waals surface area contributed by atoms with E-state index in [4.69, 9.17) is 4.74 Å². The minimum absolute atomic E-state index is 0.324. The van der Waals surface area contributed by atoms with Gasteiger partial charge in [0.05, 0.1) is 5.60 Å². The second kappa shape index (κ2) is 7.61. The minimum Gasteiger partial charge on any atom is -0.389 e. The predicted octanol–water partition coefficient (Wildman–Crippen LogP) is 3.20. The molecule has 2 aliphatic heterocycles. The van der Waals surface area contributed by atoms with Crippen molar-refractivity contribution >= 4 is 6.08 Å². The van der Waals surface area contributed by atoms with E-state index in [1.165, 1.54) is 5.56 Å². The monoisotopic (exact) mass is 315 g/mol. The molecule has 2 aliphatic rings. The molecular weight excluding hydrogens is 286 g/mol. The lowest BCUT2D eigenvalue weighted by molar-refractivity contribution is -0.129. The SMILES string of the molecule is C[C@@H]1CN(CC=Cc2ccccc2)CC[C@@]1(O)C1CCOCC1. The Balaban J connectivity index is 1.53. The summed E-state index contributed by atoms with van der Waals surface area (Å²) in [6.07, 6.45) is 7.33. The first-order chi connectivity index (χ1) is 11.2. The molecule has 2 atom stereocenters. The van der Waals surface area contributed by atoms with Crippen molar-refractivity contribution in [1.82, 2.24) is 4.90 Å². The quantitative estimate of drug-likeness (QED) is 0.926. The Morgan fingerprint density at radius 1 is 1.26 bits per heavy atom. The molecule has 23 heavy (non-hydrogen) atoms. The third-order valence-corrected chi connectivity index (χ3v) is 5.62. The van der Waals surface area contributed by atoms with E-state index in [1.54, 1.807) is 0 Å². The molecule has 0 aromatic heterocycles. The van der Waals surface area contributed by atoms with Crippen LogP contribution in [-0.4, -0.2) is 48.5 Å². The van der Waals surface area contributed by atoms with Crippen LogP contribution >= 0.6 is 0 Å². The average molecular weight is 315 g/mol. The molecule has 3 heteroatoms. The maximum absolute atomic E-state index is 11.2. The number of hydrogen-bond acceptors (Lipinski definition) is 3. The maximum Gasteiger partial charge on any atom is 0.0727 e. The van der Waals surface area contributed by atoms with Crippen molar-refractivity contribution in [3.05, 3.63) is 42.0 Å². The van der Waals surface area contributed by atoms with Crippen LogP contribution in [0.25, 0.3) is 6.08 Å². The number of ether oxygens (including phenoxy) is 1. The third kappa shape index (κ3) is 4.03. The fourth-order valence-electron chi connectivity index (χ4n) is 4.09.